The summed E-state index contributed by atoms with van der Waals surface area (Å²) in [5, 5.41) is 8.56. The van der Waals surface area contributed by atoms with Crippen LogP contribution in [0.2, 0.25) is 0 Å². The van der Waals surface area contributed by atoms with Crippen molar-refractivity contribution in [3.8, 4) is 0 Å². The Balaban J connectivity index is 3.03. The molecular formula is C26H54O7. The van der Waals surface area contributed by atoms with Gasteiger partial charge < -0.3 is 33.5 Å². The zero-order valence-corrected chi connectivity index (χ0v) is 22.0. The van der Waals surface area contributed by atoms with Gasteiger partial charge in [0.2, 0.25) is 0 Å². The summed E-state index contributed by atoms with van der Waals surface area (Å²) in [5.41, 5.74) is 0.00365. The van der Waals surface area contributed by atoms with E-state index in [1.54, 1.807) is 0 Å². The summed E-state index contributed by atoms with van der Waals surface area (Å²) in [6.45, 7) is 13.0. The van der Waals surface area contributed by atoms with Crippen LogP contribution in [0, 0.1) is 0 Å². The highest BCUT2D eigenvalue weighted by atomic mass is 16.6. The van der Waals surface area contributed by atoms with E-state index < -0.39 is 0 Å². The van der Waals surface area contributed by atoms with Crippen molar-refractivity contribution in [1.82, 2.24) is 0 Å². The summed E-state index contributed by atoms with van der Waals surface area (Å²) < 4.78 is 32.7. The van der Waals surface area contributed by atoms with Gasteiger partial charge in [-0.1, -0.05) is 51.4 Å². The SMILES string of the molecule is CC(C)(C)OCCCCCCCCCCCCOCCOCCOCCOCCOCCO. The van der Waals surface area contributed by atoms with E-state index in [0.717, 1.165) is 19.6 Å². The molecule has 0 saturated heterocycles. The topological polar surface area (TPSA) is 75.6 Å². The molecular weight excluding hydrogens is 424 g/mol. The fraction of sp³-hybridized carbons (Fsp3) is 1.00. The quantitative estimate of drug-likeness (QED) is 0.170. The van der Waals surface area contributed by atoms with Crippen LogP contribution in [0.25, 0.3) is 0 Å². The molecule has 200 valence electrons. The van der Waals surface area contributed by atoms with Gasteiger partial charge in [-0.2, -0.15) is 0 Å². The number of ether oxygens (including phenoxy) is 6. The maximum absolute atomic E-state index is 8.56. The normalized spacial score (nSPS) is 12.0. The first-order valence-electron chi connectivity index (χ1n) is 13.2. The maximum Gasteiger partial charge on any atom is 0.0701 e. The van der Waals surface area contributed by atoms with Gasteiger partial charge in [0.05, 0.1) is 71.7 Å². The fourth-order valence-corrected chi connectivity index (χ4v) is 3.15. The number of aliphatic hydroxyl groups is 1. The van der Waals surface area contributed by atoms with E-state index in [2.05, 4.69) is 20.8 Å². The fourth-order valence-electron chi connectivity index (χ4n) is 3.15. The molecule has 7 nitrogen and oxygen atoms in total. The Kier molecular flexibility index (Phi) is 26.1. The Bertz CT molecular complexity index is 361. The monoisotopic (exact) mass is 478 g/mol. The molecule has 0 amide bonds. The average molecular weight is 479 g/mol. The van der Waals surface area contributed by atoms with Gasteiger partial charge in [-0.25, -0.2) is 0 Å². The van der Waals surface area contributed by atoms with Gasteiger partial charge in [0, 0.05) is 13.2 Å². The Hall–Kier alpha value is -0.280. The summed E-state index contributed by atoms with van der Waals surface area (Å²) in [7, 11) is 0. The predicted molar refractivity (Wildman–Crippen MR) is 133 cm³/mol. The number of rotatable bonds is 27. The number of unbranched alkanes of at least 4 members (excludes halogenated alkanes) is 9. The van der Waals surface area contributed by atoms with Gasteiger partial charge in [-0.3, -0.25) is 0 Å². The second-order valence-electron chi connectivity index (χ2n) is 9.28. The van der Waals surface area contributed by atoms with Crippen molar-refractivity contribution in [2.75, 3.05) is 79.3 Å². The molecule has 0 aliphatic rings. The zero-order valence-electron chi connectivity index (χ0n) is 22.0. The van der Waals surface area contributed by atoms with E-state index in [4.69, 9.17) is 33.5 Å². The van der Waals surface area contributed by atoms with Crippen molar-refractivity contribution in [1.29, 1.82) is 0 Å². The van der Waals surface area contributed by atoms with E-state index in [0.29, 0.717) is 59.5 Å². The van der Waals surface area contributed by atoms with Gasteiger partial charge in [0.1, 0.15) is 0 Å². The lowest BCUT2D eigenvalue weighted by Crippen LogP contribution is -2.19. The molecule has 0 spiro atoms. The van der Waals surface area contributed by atoms with E-state index in [-0.39, 0.29) is 12.2 Å². The number of hydrogen-bond donors (Lipinski definition) is 1. The van der Waals surface area contributed by atoms with E-state index in [9.17, 15) is 0 Å². The minimum Gasteiger partial charge on any atom is -0.394 e. The summed E-state index contributed by atoms with van der Waals surface area (Å²) in [6.07, 6.45) is 13.0. The van der Waals surface area contributed by atoms with Gasteiger partial charge in [0.25, 0.3) is 0 Å². The Morgan fingerprint density at radius 1 is 0.394 bits per heavy atom. The highest BCUT2D eigenvalue weighted by molar-refractivity contribution is 4.58. The lowest BCUT2D eigenvalue weighted by Gasteiger charge is -2.19. The summed E-state index contributed by atoms with van der Waals surface area (Å²) >= 11 is 0. The van der Waals surface area contributed by atoms with Crippen LogP contribution in [0.5, 0.6) is 0 Å². The van der Waals surface area contributed by atoms with E-state index >= 15 is 0 Å². The molecule has 0 rings (SSSR count). The maximum atomic E-state index is 8.56. The molecule has 0 aromatic heterocycles. The first-order chi connectivity index (χ1) is 16.1. The number of hydrogen-bond acceptors (Lipinski definition) is 7. The average Bonchev–Trinajstić information content (AvgIpc) is 2.78. The molecule has 0 radical (unpaired) electrons. The third kappa shape index (κ3) is 31.7. The molecule has 0 unspecified atom stereocenters. The van der Waals surface area contributed by atoms with Crippen molar-refractivity contribution in [3.05, 3.63) is 0 Å². The minimum atomic E-state index is 0.00365. The second kappa shape index (κ2) is 26.3. The van der Waals surface area contributed by atoms with Crippen LogP contribution in [0.15, 0.2) is 0 Å². The van der Waals surface area contributed by atoms with Crippen molar-refractivity contribution in [3.63, 3.8) is 0 Å². The third-order valence-corrected chi connectivity index (χ3v) is 4.94. The first-order valence-corrected chi connectivity index (χ1v) is 13.2. The molecule has 33 heavy (non-hydrogen) atoms. The lowest BCUT2D eigenvalue weighted by molar-refractivity contribution is -0.0134. The van der Waals surface area contributed by atoms with Crippen molar-refractivity contribution < 1.29 is 33.5 Å². The molecule has 0 fully saturated rings. The Morgan fingerprint density at radius 3 is 1.06 bits per heavy atom. The van der Waals surface area contributed by atoms with Crippen LogP contribution < -0.4 is 0 Å². The largest absolute Gasteiger partial charge is 0.394 e. The molecule has 0 bridgehead atoms. The molecule has 0 aliphatic heterocycles. The van der Waals surface area contributed by atoms with Gasteiger partial charge in [-0.05, 0) is 33.6 Å². The van der Waals surface area contributed by atoms with Crippen LogP contribution in [-0.2, 0) is 28.4 Å². The van der Waals surface area contributed by atoms with Crippen LogP contribution in [0.1, 0.15) is 85.0 Å². The molecule has 0 aromatic rings. The molecule has 0 heterocycles. The Morgan fingerprint density at radius 2 is 0.697 bits per heavy atom. The molecule has 0 aliphatic carbocycles. The van der Waals surface area contributed by atoms with Crippen LogP contribution in [0.3, 0.4) is 0 Å². The third-order valence-electron chi connectivity index (χ3n) is 4.94. The molecule has 0 atom stereocenters. The molecule has 7 heteroatoms. The van der Waals surface area contributed by atoms with Crippen molar-refractivity contribution >= 4 is 0 Å². The van der Waals surface area contributed by atoms with Gasteiger partial charge >= 0.3 is 0 Å². The Labute approximate surface area is 203 Å². The predicted octanol–water partition coefficient (Wildman–Crippen LogP) is 4.78. The molecule has 0 saturated carbocycles. The summed E-state index contributed by atoms with van der Waals surface area (Å²) in [6, 6.07) is 0. The highest BCUT2D eigenvalue weighted by Gasteiger charge is 2.08. The summed E-state index contributed by atoms with van der Waals surface area (Å²) in [5.74, 6) is 0. The van der Waals surface area contributed by atoms with Crippen molar-refractivity contribution in [2.24, 2.45) is 0 Å². The smallest absolute Gasteiger partial charge is 0.0701 e. The zero-order chi connectivity index (χ0) is 24.3. The van der Waals surface area contributed by atoms with Crippen LogP contribution in [-0.4, -0.2) is 90.0 Å². The number of aliphatic hydroxyl groups excluding tert-OH is 1. The highest BCUT2D eigenvalue weighted by Crippen LogP contribution is 2.12. The van der Waals surface area contributed by atoms with Gasteiger partial charge in [-0.15, -0.1) is 0 Å². The lowest BCUT2D eigenvalue weighted by atomic mass is 10.1. The van der Waals surface area contributed by atoms with Crippen LogP contribution >= 0.6 is 0 Å². The first kappa shape index (κ1) is 32.7. The standard InChI is InChI=1S/C26H54O7/c1-26(2,3)33-16-13-11-9-7-5-4-6-8-10-12-15-28-18-20-30-22-24-32-25-23-31-21-19-29-17-14-27/h27H,4-25H2,1-3H3. The molecule has 0 aromatic carbocycles. The minimum absolute atomic E-state index is 0.00365. The van der Waals surface area contributed by atoms with E-state index in [1.165, 1.54) is 57.8 Å². The second-order valence-corrected chi connectivity index (χ2v) is 9.28. The van der Waals surface area contributed by atoms with Crippen LogP contribution in [0.4, 0.5) is 0 Å². The van der Waals surface area contributed by atoms with E-state index in [1.807, 2.05) is 0 Å². The van der Waals surface area contributed by atoms with Crippen molar-refractivity contribution in [2.45, 2.75) is 90.6 Å². The summed E-state index contributed by atoms with van der Waals surface area (Å²) in [4.78, 5) is 0. The van der Waals surface area contributed by atoms with Gasteiger partial charge in [0.15, 0.2) is 0 Å². The molecule has 1 N–H and O–H groups in total.